The highest BCUT2D eigenvalue weighted by atomic mass is 79.9. The predicted octanol–water partition coefficient (Wildman–Crippen LogP) is 3.75. The molecule has 90 valence electrons. The van der Waals surface area contributed by atoms with Crippen molar-refractivity contribution >= 4 is 15.9 Å². The average Bonchev–Trinajstić information content (AvgIpc) is 2.27. The van der Waals surface area contributed by atoms with Crippen LogP contribution < -0.4 is 4.74 Å². The van der Waals surface area contributed by atoms with Crippen LogP contribution in [0.2, 0.25) is 0 Å². The largest absolute Gasteiger partial charge is 0.491 e. The van der Waals surface area contributed by atoms with Crippen LogP contribution in [0, 0.1) is 12.3 Å². The molecule has 0 aliphatic carbocycles. The number of nitrogens with zero attached hydrogens (tertiary/aromatic N) is 1. The first-order valence-electron chi connectivity index (χ1n) is 5.64. The van der Waals surface area contributed by atoms with Crippen molar-refractivity contribution in [2.75, 3.05) is 11.9 Å². The van der Waals surface area contributed by atoms with E-state index in [2.05, 4.69) is 41.7 Å². The number of alkyl halides is 1. The Labute approximate surface area is 107 Å². The zero-order valence-corrected chi connectivity index (χ0v) is 12.1. The van der Waals surface area contributed by atoms with Crippen LogP contribution in [0.3, 0.4) is 0 Å². The number of hydrogen-bond donors (Lipinski definition) is 0. The van der Waals surface area contributed by atoms with E-state index in [0.29, 0.717) is 6.61 Å². The van der Waals surface area contributed by atoms with Gasteiger partial charge in [-0.3, -0.25) is 4.98 Å². The predicted molar refractivity (Wildman–Crippen MR) is 71.4 cm³/mol. The van der Waals surface area contributed by atoms with Crippen LogP contribution in [-0.2, 0) is 6.42 Å². The van der Waals surface area contributed by atoms with E-state index in [1.54, 1.807) is 0 Å². The number of pyridine rings is 1. The third-order valence-electron chi connectivity index (χ3n) is 2.39. The number of aryl methyl sites for hydroxylation is 2. The molecule has 0 bridgehead atoms. The molecule has 0 saturated heterocycles. The van der Waals surface area contributed by atoms with Crippen molar-refractivity contribution in [2.45, 2.75) is 34.1 Å². The standard InChI is InChI=1S/C13H20BrNO/c1-5-11-12(7-6-10(2)15-11)16-9-13(3,4)8-14/h6-7H,5,8-9H2,1-4H3. The molecule has 0 aliphatic heterocycles. The maximum absolute atomic E-state index is 5.85. The van der Waals surface area contributed by atoms with Crippen molar-refractivity contribution < 1.29 is 4.74 Å². The fraction of sp³-hybridized carbons (Fsp3) is 0.615. The molecule has 0 aliphatic rings. The van der Waals surface area contributed by atoms with Crippen LogP contribution in [0.4, 0.5) is 0 Å². The van der Waals surface area contributed by atoms with E-state index < -0.39 is 0 Å². The summed E-state index contributed by atoms with van der Waals surface area (Å²) in [6, 6.07) is 4.01. The average molecular weight is 286 g/mol. The number of halogens is 1. The molecule has 3 heteroatoms. The van der Waals surface area contributed by atoms with E-state index in [1.165, 1.54) is 0 Å². The summed E-state index contributed by atoms with van der Waals surface area (Å²) in [6.45, 7) is 9.16. The molecule has 1 heterocycles. The van der Waals surface area contributed by atoms with Gasteiger partial charge in [-0.2, -0.15) is 0 Å². The minimum Gasteiger partial charge on any atom is -0.491 e. The number of rotatable bonds is 5. The summed E-state index contributed by atoms with van der Waals surface area (Å²) < 4.78 is 5.85. The maximum atomic E-state index is 5.85. The summed E-state index contributed by atoms with van der Waals surface area (Å²) in [7, 11) is 0. The number of ether oxygens (including phenoxy) is 1. The Balaban J connectivity index is 2.74. The molecule has 0 radical (unpaired) electrons. The molecule has 0 spiro atoms. The number of aromatic nitrogens is 1. The van der Waals surface area contributed by atoms with Gasteiger partial charge in [0.15, 0.2) is 0 Å². The molecule has 1 rings (SSSR count). The monoisotopic (exact) mass is 285 g/mol. The maximum Gasteiger partial charge on any atom is 0.140 e. The van der Waals surface area contributed by atoms with Gasteiger partial charge >= 0.3 is 0 Å². The number of hydrogen-bond acceptors (Lipinski definition) is 2. The molecule has 0 aromatic carbocycles. The van der Waals surface area contributed by atoms with Gasteiger partial charge in [-0.25, -0.2) is 0 Å². The minimum absolute atomic E-state index is 0.149. The fourth-order valence-electron chi connectivity index (χ4n) is 1.29. The fourth-order valence-corrected chi connectivity index (χ4v) is 1.46. The van der Waals surface area contributed by atoms with Gasteiger partial charge in [0, 0.05) is 16.4 Å². The Kier molecular flexibility index (Phi) is 4.78. The van der Waals surface area contributed by atoms with Crippen LogP contribution in [0.1, 0.15) is 32.2 Å². The van der Waals surface area contributed by atoms with Crippen molar-refractivity contribution in [3.8, 4) is 5.75 Å². The lowest BCUT2D eigenvalue weighted by atomic mass is 9.98. The highest BCUT2D eigenvalue weighted by molar-refractivity contribution is 9.09. The molecule has 2 nitrogen and oxygen atoms in total. The summed E-state index contributed by atoms with van der Waals surface area (Å²) in [4.78, 5) is 4.48. The zero-order chi connectivity index (χ0) is 12.2. The van der Waals surface area contributed by atoms with Gasteiger partial charge < -0.3 is 4.74 Å². The molecule has 0 fully saturated rings. The second-order valence-corrected chi connectivity index (χ2v) is 5.40. The SMILES string of the molecule is CCc1nc(C)ccc1OCC(C)(C)CBr. The van der Waals surface area contributed by atoms with E-state index in [0.717, 1.165) is 28.9 Å². The third kappa shape index (κ3) is 3.78. The van der Waals surface area contributed by atoms with E-state index in [4.69, 9.17) is 4.74 Å². The second kappa shape index (κ2) is 5.67. The molecule has 0 amide bonds. The zero-order valence-electron chi connectivity index (χ0n) is 10.5. The summed E-state index contributed by atoms with van der Waals surface area (Å²) in [5.41, 5.74) is 2.24. The lowest BCUT2D eigenvalue weighted by molar-refractivity contribution is 0.201. The first-order valence-corrected chi connectivity index (χ1v) is 6.76. The van der Waals surface area contributed by atoms with Crippen molar-refractivity contribution in [1.82, 2.24) is 4.98 Å². The van der Waals surface area contributed by atoms with Gasteiger partial charge in [0.25, 0.3) is 0 Å². The normalized spacial score (nSPS) is 11.6. The van der Waals surface area contributed by atoms with Crippen LogP contribution in [-0.4, -0.2) is 16.9 Å². The smallest absolute Gasteiger partial charge is 0.140 e. The van der Waals surface area contributed by atoms with E-state index in [9.17, 15) is 0 Å². The molecule has 0 N–H and O–H groups in total. The van der Waals surface area contributed by atoms with E-state index in [1.807, 2.05) is 19.1 Å². The first kappa shape index (κ1) is 13.5. The molecule has 1 aromatic heterocycles. The molecule has 16 heavy (non-hydrogen) atoms. The van der Waals surface area contributed by atoms with Crippen molar-refractivity contribution in [1.29, 1.82) is 0 Å². The molecule has 0 saturated carbocycles. The molecule has 0 unspecified atom stereocenters. The highest BCUT2D eigenvalue weighted by Gasteiger charge is 2.17. The van der Waals surface area contributed by atoms with Crippen molar-refractivity contribution in [2.24, 2.45) is 5.41 Å². The molecular formula is C13H20BrNO. The van der Waals surface area contributed by atoms with Crippen molar-refractivity contribution in [3.63, 3.8) is 0 Å². The van der Waals surface area contributed by atoms with Gasteiger partial charge in [0.05, 0.1) is 12.3 Å². The van der Waals surface area contributed by atoms with Crippen LogP contribution >= 0.6 is 15.9 Å². The first-order chi connectivity index (χ1) is 7.48. The topological polar surface area (TPSA) is 22.1 Å². The summed E-state index contributed by atoms with van der Waals surface area (Å²) >= 11 is 3.50. The van der Waals surface area contributed by atoms with Crippen LogP contribution in [0.25, 0.3) is 0 Å². The van der Waals surface area contributed by atoms with Gasteiger partial charge in [-0.15, -0.1) is 0 Å². The molecular weight excluding hydrogens is 266 g/mol. The lowest BCUT2D eigenvalue weighted by Gasteiger charge is -2.22. The highest BCUT2D eigenvalue weighted by Crippen LogP contribution is 2.23. The van der Waals surface area contributed by atoms with Crippen LogP contribution in [0.15, 0.2) is 12.1 Å². The third-order valence-corrected chi connectivity index (χ3v) is 3.90. The van der Waals surface area contributed by atoms with E-state index in [-0.39, 0.29) is 5.41 Å². The quantitative estimate of drug-likeness (QED) is 0.769. The lowest BCUT2D eigenvalue weighted by Crippen LogP contribution is -2.23. The summed E-state index contributed by atoms with van der Waals surface area (Å²) in [5.74, 6) is 0.919. The van der Waals surface area contributed by atoms with Crippen LogP contribution in [0.5, 0.6) is 5.75 Å². The van der Waals surface area contributed by atoms with Gasteiger partial charge in [0.1, 0.15) is 5.75 Å². The Hall–Kier alpha value is -0.570. The van der Waals surface area contributed by atoms with E-state index >= 15 is 0 Å². The van der Waals surface area contributed by atoms with Crippen molar-refractivity contribution in [3.05, 3.63) is 23.5 Å². The Morgan fingerprint density at radius 1 is 1.38 bits per heavy atom. The molecule has 1 aromatic rings. The summed E-state index contributed by atoms with van der Waals surface area (Å²) in [5, 5.41) is 0.931. The van der Waals surface area contributed by atoms with Gasteiger partial charge in [-0.1, -0.05) is 36.7 Å². The minimum atomic E-state index is 0.149. The van der Waals surface area contributed by atoms with Gasteiger partial charge in [-0.05, 0) is 25.5 Å². The summed E-state index contributed by atoms with van der Waals surface area (Å²) in [6.07, 6.45) is 0.908. The second-order valence-electron chi connectivity index (χ2n) is 4.84. The Bertz CT molecular complexity index is 350. The Morgan fingerprint density at radius 2 is 2.06 bits per heavy atom. The Morgan fingerprint density at radius 3 is 2.62 bits per heavy atom. The molecule has 0 atom stereocenters. The van der Waals surface area contributed by atoms with Gasteiger partial charge in [0.2, 0.25) is 0 Å².